The van der Waals surface area contributed by atoms with Gasteiger partial charge in [-0.3, -0.25) is 0 Å². The van der Waals surface area contributed by atoms with Gasteiger partial charge in [-0.25, -0.2) is 0 Å². The van der Waals surface area contributed by atoms with Crippen LogP contribution in [0.15, 0.2) is 12.2 Å². The Kier molecular flexibility index (Phi) is 3.82. The first-order valence-corrected chi connectivity index (χ1v) is 8.43. The predicted octanol–water partition coefficient (Wildman–Crippen LogP) is 5.44. The third kappa shape index (κ3) is 2.40. The molecule has 0 aromatic heterocycles. The molecule has 3 aliphatic carbocycles. The van der Waals surface area contributed by atoms with E-state index in [1.807, 2.05) is 0 Å². The second-order valence-electron chi connectivity index (χ2n) is 7.40. The van der Waals surface area contributed by atoms with E-state index in [0.717, 1.165) is 35.5 Å². The Balaban J connectivity index is 1.59. The minimum Gasteiger partial charge on any atom is -0.0914 e. The largest absolute Gasteiger partial charge is 0.0914 e. The van der Waals surface area contributed by atoms with Gasteiger partial charge in [-0.1, -0.05) is 31.9 Å². The summed E-state index contributed by atoms with van der Waals surface area (Å²) >= 11 is 0. The van der Waals surface area contributed by atoms with E-state index in [4.69, 9.17) is 0 Å². The summed E-state index contributed by atoms with van der Waals surface area (Å²) in [6.45, 7) is 4.55. The van der Waals surface area contributed by atoms with Crippen LogP contribution in [-0.2, 0) is 0 Å². The van der Waals surface area contributed by atoms with Crippen molar-refractivity contribution in [3.63, 3.8) is 0 Å². The van der Waals surface area contributed by atoms with Crippen LogP contribution in [0.25, 0.3) is 0 Å². The summed E-state index contributed by atoms with van der Waals surface area (Å²) in [4.78, 5) is 0. The van der Waals surface area contributed by atoms with Gasteiger partial charge in [0, 0.05) is 0 Å². The van der Waals surface area contributed by atoms with E-state index in [1.54, 1.807) is 25.7 Å². The van der Waals surface area contributed by atoms with Gasteiger partial charge in [0.15, 0.2) is 0 Å². The molecule has 0 heteroatoms. The number of hydrogen-bond acceptors (Lipinski definition) is 0. The zero-order valence-electron chi connectivity index (χ0n) is 12.3. The van der Waals surface area contributed by atoms with Crippen molar-refractivity contribution in [3.05, 3.63) is 12.2 Å². The molecule has 4 atom stereocenters. The molecule has 102 valence electrons. The van der Waals surface area contributed by atoms with Gasteiger partial charge in [0.2, 0.25) is 0 Å². The normalized spacial score (nSPS) is 47.4. The van der Waals surface area contributed by atoms with E-state index >= 15 is 0 Å². The maximum Gasteiger partial charge on any atom is -0.0228 e. The first kappa shape index (κ1) is 12.8. The summed E-state index contributed by atoms with van der Waals surface area (Å²) in [6, 6.07) is 0. The molecule has 3 rings (SSSR count). The van der Waals surface area contributed by atoms with Crippen LogP contribution >= 0.6 is 0 Å². The highest BCUT2D eigenvalue weighted by atomic mass is 14.5. The van der Waals surface area contributed by atoms with Crippen molar-refractivity contribution in [2.24, 2.45) is 35.5 Å². The van der Waals surface area contributed by atoms with Crippen molar-refractivity contribution in [2.75, 3.05) is 0 Å². The molecule has 0 heterocycles. The van der Waals surface area contributed by atoms with Gasteiger partial charge in [0.1, 0.15) is 0 Å². The number of allylic oxidation sites excluding steroid dienone is 2. The number of hydrogen-bond donors (Lipinski definition) is 0. The Labute approximate surface area is 113 Å². The number of rotatable bonds is 3. The molecule has 0 aromatic carbocycles. The van der Waals surface area contributed by atoms with E-state index in [1.165, 1.54) is 25.7 Å². The lowest BCUT2D eigenvalue weighted by molar-refractivity contribution is 0.157. The van der Waals surface area contributed by atoms with Gasteiger partial charge < -0.3 is 0 Å². The molecule has 0 aromatic rings. The van der Waals surface area contributed by atoms with Crippen LogP contribution in [0.5, 0.6) is 0 Å². The summed E-state index contributed by atoms with van der Waals surface area (Å²) in [6.07, 6.45) is 17.0. The van der Waals surface area contributed by atoms with Crippen molar-refractivity contribution >= 4 is 0 Å². The summed E-state index contributed by atoms with van der Waals surface area (Å²) in [5.41, 5.74) is 0. The summed E-state index contributed by atoms with van der Waals surface area (Å²) < 4.78 is 0. The van der Waals surface area contributed by atoms with Crippen molar-refractivity contribution < 1.29 is 0 Å². The average Bonchev–Trinajstić information content (AvgIpc) is 2.88. The summed E-state index contributed by atoms with van der Waals surface area (Å²) in [5.74, 6) is 6.44. The third-order valence-electron chi connectivity index (χ3n) is 6.19. The Bertz CT molecular complexity index is 281. The van der Waals surface area contributed by atoms with E-state index in [-0.39, 0.29) is 0 Å². The smallest absolute Gasteiger partial charge is 0.0228 e. The molecule has 3 fully saturated rings. The van der Waals surface area contributed by atoms with Crippen LogP contribution in [0, 0.1) is 35.5 Å². The standard InChI is InChI=1S/C18H30/c1-3-5-13-7-15-11-17-9-14(6-4-2)10-18(17)12-16(15)8-13/h3,5,13-18H,4,6-12H2,1-2H3/b5-3+. The summed E-state index contributed by atoms with van der Waals surface area (Å²) in [5, 5.41) is 0. The molecular formula is C18H30. The Hall–Kier alpha value is -0.260. The molecule has 4 unspecified atom stereocenters. The second kappa shape index (κ2) is 5.39. The second-order valence-corrected chi connectivity index (χ2v) is 7.40. The molecule has 0 bridgehead atoms. The zero-order valence-corrected chi connectivity index (χ0v) is 12.3. The highest BCUT2D eigenvalue weighted by Crippen LogP contribution is 2.55. The highest BCUT2D eigenvalue weighted by Gasteiger charge is 2.45. The van der Waals surface area contributed by atoms with Gasteiger partial charge in [0.05, 0.1) is 0 Å². The fourth-order valence-corrected chi connectivity index (χ4v) is 5.60. The van der Waals surface area contributed by atoms with Crippen molar-refractivity contribution in [1.29, 1.82) is 0 Å². The molecule has 0 amide bonds. The first-order valence-electron chi connectivity index (χ1n) is 8.43. The van der Waals surface area contributed by atoms with E-state index in [0.29, 0.717) is 0 Å². The quantitative estimate of drug-likeness (QED) is 0.582. The van der Waals surface area contributed by atoms with Crippen molar-refractivity contribution in [1.82, 2.24) is 0 Å². The predicted molar refractivity (Wildman–Crippen MR) is 78.4 cm³/mol. The van der Waals surface area contributed by atoms with E-state index in [2.05, 4.69) is 26.0 Å². The Morgan fingerprint density at radius 2 is 1.39 bits per heavy atom. The van der Waals surface area contributed by atoms with Crippen LogP contribution < -0.4 is 0 Å². The van der Waals surface area contributed by atoms with E-state index in [9.17, 15) is 0 Å². The number of fused-ring (bicyclic) bond motifs is 2. The third-order valence-corrected chi connectivity index (χ3v) is 6.19. The Morgan fingerprint density at radius 3 is 1.89 bits per heavy atom. The molecule has 0 radical (unpaired) electrons. The highest BCUT2D eigenvalue weighted by molar-refractivity contribution is 5.00. The SMILES string of the molecule is C/C=C/C1CC2CC3CC(CCC)CC3CC2C1. The minimum atomic E-state index is 0.926. The lowest BCUT2D eigenvalue weighted by atomic mass is 9.71. The van der Waals surface area contributed by atoms with Gasteiger partial charge in [-0.15, -0.1) is 0 Å². The molecule has 0 nitrogen and oxygen atoms in total. The molecule has 0 aliphatic heterocycles. The molecule has 0 N–H and O–H groups in total. The monoisotopic (exact) mass is 246 g/mol. The van der Waals surface area contributed by atoms with Crippen LogP contribution in [0.3, 0.4) is 0 Å². The minimum absolute atomic E-state index is 0.926. The maximum absolute atomic E-state index is 2.48. The fourth-order valence-electron chi connectivity index (χ4n) is 5.60. The molecule has 0 saturated heterocycles. The van der Waals surface area contributed by atoms with Gasteiger partial charge in [0.25, 0.3) is 0 Å². The molecule has 3 aliphatic rings. The van der Waals surface area contributed by atoms with Gasteiger partial charge >= 0.3 is 0 Å². The van der Waals surface area contributed by atoms with E-state index < -0.39 is 0 Å². The van der Waals surface area contributed by atoms with Crippen molar-refractivity contribution in [2.45, 2.75) is 65.2 Å². The van der Waals surface area contributed by atoms with Crippen molar-refractivity contribution in [3.8, 4) is 0 Å². The average molecular weight is 246 g/mol. The Morgan fingerprint density at radius 1 is 0.833 bits per heavy atom. The van der Waals surface area contributed by atoms with Gasteiger partial charge in [-0.2, -0.15) is 0 Å². The molecule has 0 spiro atoms. The maximum atomic E-state index is 2.48. The topological polar surface area (TPSA) is 0 Å². The molecule has 18 heavy (non-hydrogen) atoms. The van der Waals surface area contributed by atoms with Crippen LogP contribution in [0.4, 0.5) is 0 Å². The van der Waals surface area contributed by atoms with Crippen LogP contribution in [0.1, 0.15) is 65.2 Å². The van der Waals surface area contributed by atoms with Crippen LogP contribution in [-0.4, -0.2) is 0 Å². The lowest BCUT2D eigenvalue weighted by Crippen LogP contribution is -2.25. The van der Waals surface area contributed by atoms with Gasteiger partial charge in [-0.05, 0) is 81.0 Å². The zero-order chi connectivity index (χ0) is 12.5. The summed E-state index contributed by atoms with van der Waals surface area (Å²) in [7, 11) is 0. The lowest BCUT2D eigenvalue weighted by Gasteiger charge is -2.34. The van der Waals surface area contributed by atoms with Crippen LogP contribution in [0.2, 0.25) is 0 Å². The fraction of sp³-hybridized carbons (Fsp3) is 0.889. The molecule has 3 saturated carbocycles. The molecular weight excluding hydrogens is 216 g/mol. The first-order chi connectivity index (χ1) is 8.80.